The molecule has 1 atom stereocenters. The van der Waals surface area contributed by atoms with Crippen molar-refractivity contribution in [1.29, 1.82) is 0 Å². The van der Waals surface area contributed by atoms with Gasteiger partial charge in [0.05, 0.1) is 0 Å². The van der Waals surface area contributed by atoms with Crippen molar-refractivity contribution >= 4 is 29.2 Å². The Balaban J connectivity index is 1.84. The quantitative estimate of drug-likeness (QED) is 0.666. The molecule has 7 heteroatoms. The molecule has 0 spiro atoms. The molecule has 2 heterocycles. The van der Waals surface area contributed by atoms with Crippen LogP contribution in [-0.2, 0) is 9.59 Å². The Kier molecular flexibility index (Phi) is 4.25. The van der Waals surface area contributed by atoms with Crippen LogP contribution in [0.15, 0.2) is 30.3 Å². The lowest BCUT2D eigenvalue weighted by molar-refractivity contribution is -0.133. The number of imide groups is 1. The summed E-state index contributed by atoms with van der Waals surface area (Å²) in [7, 11) is 0. The highest BCUT2D eigenvalue weighted by atomic mass is 35.5. The van der Waals surface area contributed by atoms with Crippen molar-refractivity contribution in [3.8, 4) is 11.4 Å². The summed E-state index contributed by atoms with van der Waals surface area (Å²) in [4.78, 5) is 31.6. The maximum Gasteiger partial charge on any atom is 0.249 e. The molecule has 6 nitrogen and oxygen atoms in total. The van der Waals surface area contributed by atoms with Gasteiger partial charge in [-0.25, -0.2) is 9.97 Å². The second kappa shape index (κ2) is 6.34. The lowest BCUT2D eigenvalue weighted by atomic mass is 10.1. The third kappa shape index (κ3) is 3.65. The first kappa shape index (κ1) is 15.4. The maximum atomic E-state index is 11.8. The molecule has 0 saturated carbocycles. The third-order valence-corrected chi connectivity index (χ3v) is 3.76. The summed E-state index contributed by atoms with van der Waals surface area (Å²) < 4.78 is 0. The molecular weight excluding hydrogens is 316 g/mol. The number of nitrogens with one attached hydrogen (secondary N) is 2. The van der Waals surface area contributed by atoms with Crippen LogP contribution in [0.4, 0.5) is 5.82 Å². The molecule has 2 aromatic rings. The Morgan fingerprint density at radius 2 is 1.96 bits per heavy atom. The minimum atomic E-state index is -0.510. The van der Waals surface area contributed by atoms with Gasteiger partial charge in [0.25, 0.3) is 0 Å². The summed E-state index contributed by atoms with van der Waals surface area (Å²) in [5.41, 5.74) is 1.97. The van der Waals surface area contributed by atoms with E-state index < -0.39 is 6.04 Å². The smallest absolute Gasteiger partial charge is 0.249 e. The van der Waals surface area contributed by atoms with E-state index in [1.165, 1.54) is 0 Å². The van der Waals surface area contributed by atoms with Gasteiger partial charge in [-0.3, -0.25) is 14.9 Å². The Bertz CT molecular complexity index is 761. The van der Waals surface area contributed by atoms with Gasteiger partial charge < -0.3 is 5.32 Å². The molecule has 1 aromatic carbocycles. The topological polar surface area (TPSA) is 84.0 Å². The molecule has 0 bridgehead atoms. The van der Waals surface area contributed by atoms with E-state index in [-0.39, 0.29) is 17.0 Å². The lowest BCUT2D eigenvalue weighted by Crippen LogP contribution is -2.47. The number of aromatic nitrogens is 2. The molecule has 2 N–H and O–H groups in total. The number of halogens is 1. The second-order valence-corrected chi connectivity index (χ2v) is 5.80. The minimum Gasteiger partial charge on any atom is -0.358 e. The van der Waals surface area contributed by atoms with Crippen LogP contribution in [0.3, 0.4) is 0 Å². The first-order chi connectivity index (χ1) is 11.0. The molecule has 1 unspecified atom stereocenters. The maximum absolute atomic E-state index is 11.8. The molecule has 0 radical (unpaired) electrons. The molecule has 118 valence electrons. The van der Waals surface area contributed by atoms with Crippen LogP contribution < -0.4 is 10.6 Å². The summed E-state index contributed by atoms with van der Waals surface area (Å²) >= 11 is 6.06. The van der Waals surface area contributed by atoms with Crippen LogP contribution in [0.2, 0.25) is 5.15 Å². The Labute approximate surface area is 138 Å². The van der Waals surface area contributed by atoms with Crippen LogP contribution in [0.25, 0.3) is 11.4 Å². The Morgan fingerprint density at radius 3 is 2.65 bits per heavy atom. The summed E-state index contributed by atoms with van der Waals surface area (Å²) in [5.74, 6) is 0.323. The molecule has 1 aliphatic rings. The number of rotatable bonds is 3. The number of carbonyl (C=O) groups excluding carboxylic acids is 2. The van der Waals surface area contributed by atoms with Gasteiger partial charge in [0.1, 0.15) is 17.0 Å². The monoisotopic (exact) mass is 330 g/mol. The fraction of sp³-hybridized carbons (Fsp3) is 0.250. The van der Waals surface area contributed by atoms with Gasteiger partial charge in [0.2, 0.25) is 11.8 Å². The number of hydrogen-bond donors (Lipinski definition) is 2. The number of carbonyl (C=O) groups is 2. The number of aryl methyl sites for hydroxylation is 1. The van der Waals surface area contributed by atoms with Crippen LogP contribution in [0, 0.1) is 6.92 Å². The molecular formula is C16H15ClN4O2. The van der Waals surface area contributed by atoms with Gasteiger partial charge in [0.15, 0.2) is 5.82 Å². The standard InChI is InChI=1S/C16H15ClN4O2/c1-9-2-4-10(5-3-9)15-19-12(17)8-13(20-15)18-11-6-7-14(22)21-16(11)23/h2-5,8,11H,6-7H2,1H3,(H,18,19,20)(H,21,22,23). The highest BCUT2D eigenvalue weighted by molar-refractivity contribution is 6.29. The molecule has 3 rings (SSSR count). The van der Waals surface area contributed by atoms with Gasteiger partial charge in [-0.1, -0.05) is 41.4 Å². The lowest BCUT2D eigenvalue weighted by Gasteiger charge is -2.22. The Morgan fingerprint density at radius 1 is 1.22 bits per heavy atom. The number of piperidine rings is 1. The van der Waals surface area contributed by atoms with Crippen molar-refractivity contribution < 1.29 is 9.59 Å². The number of benzene rings is 1. The number of amides is 2. The largest absolute Gasteiger partial charge is 0.358 e. The first-order valence-corrected chi connectivity index (χ1v) is 7.61. The van der Waals surface area contributed by atoms with Crippen LogP contribution in [-0.4, -0.2) is 27.8 Å². The van der Waals surface area contributed by atoms with Gasteiger partial charge in [-0.05, 0) is 13.3 Å². The van der Waals surface area contributed by atoms with Gasteiger partial charge in [0, 0.05) is 18.1 Å². The van der Waals surface area contributed by atoms with E-state index in [0.29, 0.717) is 24.5 Å². The van der Waals surface area contributed by atoms with Crippen LogP contribution in [0.1, 0.15) is 18.4 Å². The van der Waals surface area contributed by atoms with Crippen molar-refractivity contribution in [2.75, 3.05) is 5.32 Å². The predicted octanol–water partition coefficient (Wildman–Crippen LogP) is 2.32. The SMILES string of the molecule is Cc1ccc(-c2nc(Cl)cc(NC3CCC(=O)NC3=O)n2)cc1. The van der Waals surface area contributed by atoms with Crippen molar-refractivity contribution in [2.24, 2.45) is 0 Å². The number of nitrogens with zero attached hydrogens (tertiary/aromatic N) is 2. The molecule has 1 aromatic heterocycles. The second-order valence-electron chi connectivity index (χ2n) is 5.41. The molecule has 23 heavy (non-hydrogen) atoms. The van der Waals surface area contributed by atoms with E-state index in [1.54, 1.807) is 6.07 Å². The zero-order valence-electron chi connectivity index (χ0n) is 12.5. The summed E-state index contributed by atoms with van der Waals surface area (Å²) in [5, 5.41) is 5.60. The van der Waals surface area contributed by atoms with E-state index in [0.717, 1.165) is 11.1 Å². The zero-order valence-corrected chi connectivity index (χ0v) is 13.2. The fourth-order valence-corrected chi connectivity index (χ4v) is 2.52. The normalized spacial score (nSPS) is 17.7. The van der Waals surface area contributed by atoms with Gasteiger partial charge in [-0.15, -0.1) is 0 Å². The highest BCUT2D eigenvalue weighted by Gasteiger charge is 2.26. The van der Waals surface area contributed by atoms with E-state index in [9.17, 15) is 9.59 Å². The average molecular weight is 331 g/mol. The van der Waals surface area contributed by atoms with Crippen LogP contribution >= 0.6 is 11.6 Å². The highest BCUT2D eigenvalue weighted by Crippen LogP contribution is 2.22. The summed E-state index contributed by atoms with van der Waals surface area (Å²) in [6.07, 6.45) is 0.721. The van der Waals surface area contributed by atoms with Crippen molar-refractivity contribution in [2.45, 2.75) is 25.8 Å². The molecule has 1 fully saturated rings. The molecule has 0 aliphatic carbocycles. The fourth-order valence-electron chi connectivity index (χ4n) is 2.33. The summed E-state index contributed by atoms with van der Waals surface area (Å²) in [6, 6.07) is 8.81. The average Bonchev–Trinajstić information content (AvgIpc) is 2.50. The van der Waals surface area contributed by atoms with Crippen molar-refractivity contribution in [1.82, 2.24) is 15.3 Å². The number of anilines is 1. The minimum absolute atomic E-state index is 0.255. The predicted molar refractivity (Wildman–Crippen MR) is 87.0 cm³/mol. The zero-order chi connectivity index (χ0) is 16.4. The number of hydrogen-bond acceptors (Lipinski definition) is 5. The molecule has 1 saturated heterocycles. The van der Waals surface area contributed by atoms with E-state index in [2.05, 4.69) is 20.6 Å². The van der Waals surface area contributed by atoms with Crippen molar-refractivity contribution in [3.05, 3.63) is 41.0 Å². The van der Waals surface area contributed by atoms with E-state index in [1.807, 2.05) is 31.2 Å². The Hall–Kier alpha value is -2.47. The summed E-state index contributed by atoms with van der Waals surface area (Å²) in [6.45, 7) is 2.00. The van der Waals surface area contributed by atoms with Crippen molar-refractivity contribution in [3.63, 3.8) is 0 Å². The van der Waals surface area contributed by atoms with E-state index >= 15 is 0 Å². The van der Waals surface area contributed by atoms with Crippen LogP contribution in [0.5, 0.6) is 0 Å². The first-order valence-electron chi connectivity index (χ1n) is 7.23. The third-order valence-electron chi connectivity index (χ3n) is 3.57. The van der Waals surface area contributed by atoms with E-state index in [4.69, 9.17) is 11.6 Å². The molecule has 2 amide bonds. The van der Waals surface area contributed by atoms with Gasteiger partial charge >= 0.3 is 0 Å². The van der Waals surface area contributed by atoms with Gasteiger partial charge in [-0.2, -0.15) is 0 Å². The molecule has 1 aliphatic heterocycles.